The minimum absolute atomic E-state index is 0.0604. The number of amides is 1. The van der Waals surface area contributed by atoms with Gasteiger partial charge in [-0.25, -0.2) is 0 Å². The number of rotatable bonds is 1. The quantitative estimate of drug-likeness (QED) is 0.577. The molecular weight excluding hydrogens is 182 g/mol. The first-order valence-corrected chi connectivity index (χ1v) is 4.47. The number of anilines is 1. The van der Waals surface area contributed by atoms with Gasteiger partial charge in [-0.1, -0.05) is 6.07 Å². The summed E-state index contributed by atoms with van der Waals surface area (Å²) in [4.78, 5) is 11.1. The molecule has 1 aliphatic rings. The van der Waals surface area contributed by atoms with Crippen LogP contribution in [0.1, 0.15) is 17.5 Å². The van der Waals surface area contributed by atoms with Crippen LogP contribution < -0.4 is 5.32 Å². The third-order valence-electron chi connectivity index (χ3n) is 2.42. The fourth-order valence-corrected chi connectivity index (χ4v) is 1.69. The largest absolute Gasteiger partial charge is 0.506 e. The molecule has 0 radical (unpaired) electrons. The van der Waals surface area contributed by atoms with E-state index in [1.165, 1.54) is 6.07 Å². The molecule has 74 valence electrons. The highest BCUT2D eigenvalue weighted by Crippen LogP contribution is 2.33. The number of carbonyl (C=O) groups excluding carboxylic acids is 1. The smallest absolute Gasteiger partial charge is 0.224 e. The van der Waals surface area contributed by atoms with Crippen LogP contribution in [0.4, 0.5) is 5.69 Å². The zero-order valence-electron chi connectivity index (χ0n) is 7.58. The van der Waals surface area contributed by atoms with E-state index in [4.69, 9.17) is 5.11 Å². The van der Waals surface area contributed by atoms with Gasteiger partial charge in [-0.15, -0.1) is 0 Å². The number of fused-ring (bicyclic) bond motifs is 1. The van der Waals surface area contributed by atoms with Crippen LogP contribution in [0.15, 0.2) is 12.1 Å². The molecular formula is C10H11NO3. The van der Waals surface area contributed by atoms with Crippen molar-refractivity contribution in [3.05, 3.63) is 23.3 Å². The Morgan fingerprint density at radius 3 is 2.86 bits per heavy atom. The molecule has 0 saturated carbocycles. The normalized spacial score (nSPS) is 14.8. The van der Waals surface area contributed by atoms with Crippen molar-refractivity contribution in [2.24, 2.45) is 0 Å². The summed E-state index contributed by atoms with van der Waals surface area (Å²) in [6.07, 6.45) is 0.981. The van der Waals surface area contributed by atoms with Crippen molar-refractivity contribution in [2.75, 3.05) is 5.32 Å². The molecule has 1 aromatic rings. The maximum Gasteiger partial charge on any atom is 0.224 e. The Morgan fingerprint density at radius 1 is 1.36 bits per heavy atom. The zero-order valence-corrected chi connectivity index (χ0v) is 7.58. The first-order chi connectivity index (χ1) is 6.72. The van der Waals surface area contributed by atoms with Crippen molar-refractivity contribution < 1.29 is 15.0 Å². The number of phenols is 1. The van der Waals surface area contributed by atoms with Crippen LogP contribution in [0.5, 0.6) is 5.75 Å². The van der Waals surface area contributed by atoms with Gasteiger partial charge in [0.1, 0.15) is 5.75 Å². The maximum absolute atomic E-state index is 11.1. The van der Waals surface area contributed by atoms with E-state index in [0.717, 1.165) is 11.1 Å². The second-order valence-electron chi connectivity index (χ2n) is 3.30. The molecule has 0 aromatic heterocycles. The van der Waals surface area contributed by atoms with Gasteiger partial charge >= 0.3 is 0 Å². The number of hydrogen-bond donors (Lipinski definition) is 3. The summed E-state index contributed by atoms with van der Waals surface area (Å²) >= 11 is 0. The highest BCUT2D eigenvalue weighted by molar-refractivity contribution is 5.95. The molecule has 1 heterocycles. The van der Waals surface area contributed by atoms with Crippen molar-refractivity contribution in [2.45, 2.75) is 19.4 Å². The number of aliphatic hydroxyl groups is 1. The lowest BCUT2D eigenvalue weighted by molar-refractivity contribution is -0.116. The molecule has 1 aromatic carbocycles. The van der Waals surface area contributed by atoms with Gasteiger partial charge in [-0.05, 0) is 23.6 Å². The second-order valence-corrected chi connectivity index (χ2v) is 3.30. The minimum atomic E-state index is -0.0945. The Balaban J connectivity index is 2.54. The van der Waals surface area contributed by atoms with Gasteiger partial charge in [0, 0.05) is 6.42 Å². The summed E-state index contributed by atoms with van der Waals surface area (Å²) in [5.74, 6) is -0.0341. The predicted molar refractivity (Wildman–Crippen MR) is 51.0 cm³/mol. The highest BCUT2D eigenvalue weighted by atomic mass is 16.3. The van der Waals surface area contributed by atoms with Gasteiger partial charge in [0.05, 0.1) is 12.3 Å². The molecule has 0 aliphatic carbocycles. The maximum atomic E-state index is 11.1. The fraction of sp³-hybridized carbons (Fsp3) is 0.300. The summed E-state index contributed by atoms with van der Waals surface area (Å²) < 4.78 is 0. The molecule has 0 spiro atoms. The van der Waals surface area contributed by atoms with Crippen molar-refractivity contribution in [1.82, 2.24) is 0 Å². The van der Waals surface area contributed by atoms with E-state index >= 15 is 0 Å². The van der Waals surface area contributed by atoms with Crippen molar-refractivity contribution >= 4 is 11.6 Å². The number of carbonyl (C=O) groups is 1. The molecule has 14 heavy (non-hydrogen) atoms. The lowest BCUT2D eigenvalue weighted by Crippen LogP contribution is -2.20. The van der Waals surface area contributed by atoms with Gasteiger partial charge < -0.3 is 15.5 Å². The summed E-state index contributed by atoms with van der Waals surface area (Å²) in [6, 6.07) is 3.15. The van der Waals surface area contributed by atoms with E-state index in [1.54, 1.807) is 6.07 Å². The molecule has 3 N–H and O–H groups in total. The van der Waals surface area contributed by atoms with E-state index in [1.807, 2.05) is 0 Å². The molecule has 1 amide bonds. The summed E-state index contributed by atoms with van der Waals surface area (Å²) in [5, 5.41) is 21.2. The SMILES string of the molecule is O=C1CCc2c(CO)ccc(O)c2N1. The third-order valence-corrected chi connectivity index (χ3v) is 2.42. The minimum Gasteiger partial charge on any atom is -0.506 e. The van der Waals surface area contributed by atoms with Crippen LogP contribution in [0.3, 0.4) is 0 Å². The first-order valence-electron chi connectivity index (χ1n) is 4.47. The van der Waals surface area contributed by atoms with E-state index in [0.29, 0.717) is 18.5 Å². The Morgan fingerprint density at radius 2 is 2.14 bits per heavy atom. The molecule has 0 bridgehead atoms. The number of aliphatic hydroxyl groups excluding tert-OH is 1. The lowest BCUT2D eigenvalue weighted by Gasteiger charge is -2.20. The average molecular weight is 193 g/mol. The number of benzene rings is 1. The molecule has 1 aliphatic heterocycles. The van der Waals surface area contributed by atoms with Gasteiger partial charge in [-0.3, -0.25) is 4.79 Å². The van der Waals surface area contributed by atoms with Crippen LogP contribution in [0, 0.1) is 0 Å². The van der Waals surface area contributed by atoms with Crippen LogP contribution in [-0.2, 0) is 17.8 Å². The summed E-state index contributed by atoms with van der Waals surface area (Å²) in [5.41, 5.74) is 2.05. The molecule has 2 rings (SSSR count). The van der Waals surface area contributed by atoms with E-state index in [2.05, 4.69) is 5.32 Å². The standard InChI is InChI=1S/C10H11NO3/c12-5-6-1-3-8(13)10-7(6)2-4-9(14)11-10/h1,3,12-13H,2,4-5H2,(H,11,14). The molecule has 0 fully saturated rings. The van der Waals surface area contributed by atoms with Crippen LogP contribution in [0.25, 0.3) is 0 Å². The predicted octanol–water partition coefficient (Wildman–Crippen LogP) is 0.769. The first kappa shape index (κ1) is 9.02. The Hall–Kier alpha value is -1.55. The van der Waals surface area contributed by atoms with E-state index in [9.17, 15) is 9.90 Å². The molecule has 4 nitrogen and oxygen atoms in total. The molecule has 0 unspecified atom stereocenters. The Bertz CT molecular complexity index is 387. The monoisotopic (exact) mass is 193 g/mol. The number of aromatic hydroxyl groups is 1. The number of phenolic OH excluding ortho intramolecular Hbond substituents is 1. The third kappa shape index (κ3) is 1.33. The zero-order chi connectivity index (χ0) is 10.1. The van der Waals surface area contributed by atoms with Gasteiger partial charge in [0.25, 0.3) is 0 Å². The second kappa shape index (κ2) is 3.31. The van der Waals surface area contributed by atoms with Crippen LogP contribution in [-0.4, -0.2) is 16.1 Å². The summed E-state index contributed by atoms with van der Waals surface area (Å²) in [7, 11) is 0. The summed E-state index contributed by atoms with van der Waals surface area (Å²) in [6.45, 7) is -0.0709. The Labute approximate surface area is 81.2 Å². The fourth-order valence-electron chi connectivity index (χ4n) is 1.69. The van der Waals surface area contributed by atoms with Gasteiger partial charge in [-0.2, -0.15) is 0 Å². The van der Waals surface area contributed by atoms with E-state index < -0.39 is 0 Å². The number of nitrogens with one attached hydrogen (secondary N) is 1. The van der Waals surface area contributed by atoms with E-state index in [-0.39, 0.29) is 18.3 Å². The lowest BCUT2D eigenvalue weighted by atomic mass is 9.97. The van der Waals surface area contributed by atoms with Gasteiger partial charge in [0.2, 0.25) is 5.91 Å². The van der Waals surface area contributed by atoms with Crippen molar-refractivity contribution in [3.8, 4) is 5.75 Å². The van der Waals surface area contributed by atoms with Crippen molar-refractivity contribution in [3.63, 3.8) is 0 Å². The van der Waals surface area contributed by atoms with Crippen LogP contribution >= 0.6 is 0 Å². The molecule has 0 atom stereocenters. The highest BCUT2D eigenvalue weighted by Gasteiger charge is 2.20. The molecule has 0 saturated heterocycles. The van der Waals surface area contributed by atoms with Gasteiger partial charge in [0.15, 0.2) is 0 Å². The van der Waals surface area contributed by atoms with Crippen molar-refractivity contribution in [1.29, 1.82) is 0 Å². The molecule has 4 heteroatoms. The topological polar surface area (TPSA) is 69.6 Å². The average Bonchev–Trinajstić information content (AvgIpc) is 2.19. The number of hydrogen-bond acceptors (Lipinski definition) is 3. The Kier molecular flexibility index (Phi) is 2.13. The van der Waals surface area contributed by atoms with Crippen LogP contribution in [0.2, 0.25) is 0 Å².